The molecule has 0 bridgehead atoms. The summed E-state index contributed by atoms with van der Waals surface area (Å²) in [7, 11) is 0. The largest absolute Gasteiger partial charge is 0.505 e. The molecular weight excluding hydrogens is 2670 g/mol. The second kappa shape index (κ2) is 43.1. The molecule has 23 heteroatoms. The molecule has 0 aliphatic carbocycles. The number of thiophene rings is 1. The van der Waals surface area contributed by atoms with Crippen molar-refractivity contribution >= 4 is 97.8 Å². The van der Waals surface area contributed by atoms with Crippen molar-refractivity contribution in [2.24, 2.45) is 0 Å². The number of aromatic nitrogens is 13. The maximum Gasteiger partial charge on any atom is 0.180 e. The molecule has 0 unspecified atom stereocenters. The third kappa shape index (κ3) is 19.8. The van der Waals surface area contributed by atoms with Gasteiger partial charge in [0.05, 0.1) is 73.4 Å². The van der Waals surface area contributed by atoms with Crippen LogP contribution in [0.2, 0.25) is 0 Å². The normalized spacial score (nSPS) is 11.1. The summed E-state index contributed by atoms with van der Waals surface area (Å²) in [6.07, 6.45) is 15.6. The Hall–Kier alpha value is -11.9. The fourth-order valence-electron chi connectivity index (χ4n) is 20.2. The molecule has 11 aromatic heterocycles. The minimum absolute atomic E-state index is 0. The number of imidazole rings is 5. The molecule has 23 aromatic rings. The molecule has 0 saturated heterocycles. The average molecular weight is 2780 g/mol. The molecule has 16 nitrogen and oxygen atoms in total. The second-order valence-electron chi connectivity index (χ2n) is 36.0. The molecule has 0 saturated carbocycles. The number of furan rings is 2. The predicted octanol–water partition coefficient (Wildman–Crippen LogP) is 30.3. The summed E-state index contributed by atoms with van der Waals surface area (Å²) in [5.74, 6) is 6.87. The van der Waals surface area contributed by atoms with Crippen molar-refractivity contribution in [2.45, 2.75) is 159 Å². The summed E-state index contributed by atoms with van der Waals surface area (Å²) < 4.78 is 33.7. The van der Waals surface area contributed by atoms with Crippen molar-refractivity contribution < 1.29 is 114 Å². The summed E-state index contributed by atoms with van der Waals surface area (Å²) in [6, 6.07) is 78.1. The van der Waals surface area contributed by atoms with Gasteiger partial charge in [-0.2, -0.15) is 22.7 Å². The van der Waals surface area contributed by atoms with Gasteiger partial charge in [0, 0.05) is 219 Å². The minimum Gasteiger partial charge on any atom is -0.505 e. The van der Waals surface area contributed by atoms with Gasteiger partial charge < -0.3 is 40.7 Å². The first-order valence-corrected chi connectivity index (χ1v) is 47.5. The number of fused-ring (bicyclic) bond motifs is 8. The molecule has 0 aliphatic rings. The Morgan fingerprint density at radius 2 is 0.745 bits per heavy atom. The Morgan fingerprint density at radius 1 is 0.312 bits per heavy atom. The number of nitrogens with zero attached hydrogens (tertiary/aromatic N) is 13. The van der Waals surface area contributed by atoms with Crippen LogP contribution in [0.1, 0.15) is 128 Å². The van der Waals surface area contributed by atoms with Gasteiger partial charge in [0.2, 0.25) is 0 Å². The van der Waals surface area contributed by atoms with Gasteiger partial charge >= 0.3 is 0 Å². The summed E-state index contributed by atoms with van der Waals surface area (Å²) in [4.78, 5) is 34.0. The zero-order chi connectivity index (χ0) is 95.2. The van der Waals surface area contributed by atoms with E-state index in [9.17, 15) is 0 Å². The van der Waals surface area contributed by atoms with Crippen LogP contribution in [0.4, 0.5) is 0 Å². The molecular formula is C118H106Ir5N13O3S2-5. The maximum absolute atomic E-state index is 6.07. The van der Waals surface area contributed by atoms with E-state index in [-0.39, 0.29) is 101 Å². The SMILES string of the molecule is Cc1cc(C)c(-n2c(-c3[c-]ccc4nc(C)oc34)nc(C)c2C)c(C)c1.Cc1cc(C)c(-n2ccnc2-c2[c-]ccc3c(C)c(C)oc23)c(C)c1.Cc1cc(C)c(-n2ccnc2-c2[c-]ccc3c(C)c(C)sc23)c(C)c1.Cc1cc(C)c(-n2ccnc2-c2[c-]ccc3nc(C)sc23)c(C)c1.Cc1cc2cc[c-]c(-c3nccn3-c3c(C)cc4c5ccccc5n(-c5ccccc5)c4c3C)c2o1.[Ir].[Ir].[Ir].[Ir].[Ir]. The number of aryl methyl sites for hydroxylation is 22. The van der Waals surface area contributed by atoms with E-state index in [1.54, 1.807) is 11.3 Å². The fourth-order valence-corrected chi connectivity index (χ4v) is 22.2. The molecule has 0 N–H and O–H groups in total. The molecule has 0 spiro atoms. The van der Waals surface area contributed by atoms with E-state index in [4.69, 9.17) is 28.2 Å². The van der Waals surface area contributed by atoms with Crippen molar-refractivity contribution in [3.05, 3.63) is 384 Å². The van der Waals surface area contributed by atoms with Crippen molar-refractivity contribution in [1.82, 2.24) is 62.3 Å². The Balaban J connectivity index is 0.000000140. The van der Waals surface area contributed by atoms with Crippen LogP contribution in [-0.2, 0) is 101 Å². The number of oxazole rings is 1. The quantitative estimate of drug-likeness (QED) is 0.114. The predicted molar refractivity (Wildman–Crippen MR) is 558 cm³/mol. The zero-order valence-corrected chi connectivity index (χ0v) is 96.5. The van der Waals surface area contributed by atoms with Gasteiger partial charge in [-0.1, -0.05) is 151 Å². The van der Waals surface area contributed by atoms with Gasteiger partial charge in [-0.05, 0) is 269 Å². The van der Waals surface area contributed by atoms with Crippen LogP contribution in [0.3, 0.4) is 0 Å². The van der Waals surface area contributed by atoms with Crippen LogP contribution in [0, 0.1) is 190 Å². The Morgan fingerprint density at radius 3 is 1.28 bits per heavy atom. The maximum atomic E-state index is 6.07. The van der Waals surface area contributed by atoms with E-state index in [1.165, 1.54) is 149 Å². The van der Waals surface area contributed by atoms with Gasteiger partial charge in [-0.25, -0.2) is 4.98 Å². The average Bonchev–Trinajstić information content (AvgIpc) is 1.56. The van der Waals surface area contributed by atoms with Crippen LogP contribution in [-0.4, -0.2) is 62.3 Å². The van der Waals surface area contributed by atoms with Crippen LogP contribution < -0.4 is 0 Å². The molecule has 23 rings (SSSR count). The summed E-state index contributed by atoms with van der Waals surface area (Å²) in [5, 5.41) is 7.06. The van der Waals surface area contributed by atoms with E-state index in [0.717, 1.165) is 139 Å². The van der Waals surface area contributed by atoms with Gasteiger partial charge in [0.1, 0.15) is 0 Å². The monoisotopic (exact) mass is 2780 g/mol. The van der Waals surface area contributed by atoms with Crippen LogP contribution in [0.5, 0.6) is 0 Å². The molecule has 0 atom stereocenters. The van der Waals surface area contributed by atoms with Gasteiger partial charge in [-0.15, -0.1) is 91.0 Å². The van der Waals surface area contributed by atoms with Crippen LogP contribution in [0.25, 0.3) is 166 Å². The van der Waals surface area contributed by atoms with Crippen molar-refractivity contribution in [3.63, 3.8) is 0 Å². The first kappa shape index (κ1) is 105. The van der Waals surface area contributed by atoms with Crippen molar-refractivity contribution in [2.75, 3.05) is 0 Å². The van der Waals surface area contributed by atoms with Crippen LogP contribution >= 0.6 is 22.7 Å². The molecule has 11 heterocycles. The smallest absolute Gasteiger partial charge is 0.180 e. The number of rotatable bonds is 11. The number of thiazole rings is 1. The van der Waals surface area contributed by atoms with Gasteiger partial charge in [0.15, 0.2) is 5.89 Å². The minimum atomic E-state index is 0. The van der Waals surface area contributed by atoms with Crippen molar-refractivity contribution in [3.8, 4) is 91.1 Å². The van der Waals surface area contributed by atoms with Crippen molar-refractivity contribution in [1.29, 1.82) is 0 Å². The topological polar surface area (TPSA) is 159 Å². The number of para-hydroxylation sites is 2. The molecule has 5 radical (unpaired) electrons. The molecule has 0 amide bonds. The molecule has 141 heavy (non-hydrogen) atoms. The Kier molecular flexibility index (Phi) is 32.1. The van der Waals surface area contributed by atoms with Gasteiger partial charge in [0.25, 0.3) is 0 Å². The van der Waals surface area contributed by atoms with E-state index in [2.05, 4.69) is 336 Å². The number of hydrogen-bond acceptors (Lipinski definition) is 12. The van der Waals surface area contributed by atoms with Gasteiger partial charge in [-0.3, -0.25) is 29.9 Å². The Labute approximate surface area is 899 Å². The van der Waals surface area contributed by atoms with E-state index >= 15 is 0 Å². The summed E-state index contributed by atoms with van der Waals surface area (Å²) in [5.41, 5.74) is 40.5. The van der Waals surface area contributed by atoms with E-state index < -0.39 is 0 Å². The van der Waals surface area contributed by atoms with E-state index in [1.807, 2.05) is 138 Å². The Bertz CT molecular complexity index is 8370. The number of hydrogen-bond donors (Lipinski definition) is 0. The first-order chi connectivity index (χ1) is 65.5. The first-order valence-electron chi connectivity index (χ1n) is 45.9. The fraction of sp³-hybridized carbons (Fsp3) is 0.195. The van der Waals surface area contributed by atoms with Crippen LogP contribution in [0.15, 0.2) is 239 Å². The molecule has 0 aliphatic heterocycles. The summed E-state index contributed by atoms with van der Waals surface area (Å²) >= 11 is 3.53. The molecule has 723 valence electrons. The zero-order valence-electron chi connectivity index (χ0n) is 82.9. The standard InChI is InChI=1S/C32H24N3O.C22H22N3O.C22H21N2O.C22H21N2S.C20H18N3S.5Ir/c1-20-18-27-25-13-7-8-15-28(25)35(24-11-5-4-6-12-24)30(27)22(3)29(20)34-17-16-33-32(34)26-14-9-10-23-19-21(2)36-31(23)26;1-12-10-13(2)20(14(3)11-12)25-16(5)15(4)23-22(25)18-8-7-9-19-21(18)26-17(6)24-19;2*1-13-11-14(2)20(15(3)12-13)24-10-9-23-22(24)19-8-6-7-18-16(4)17(5)25-21(18)19;1-12-10-13(2)18(14(3)11-12)23-9-8-21-20(23)16-6-5-7-17-19(16)24-15(4)22-17;;;;;/h4-13,15-19H,1-3H3;7,9-11H,1-6H3;2*6-7,9-12H,1-5H3;5,7-11H,1-4H3;;;;;/q5*-1;;;;;. The second-order valence-corrected chi connectivity index (χ2v) is 38.4. The third-order valence-electron chi connectivity index (χ3n) is 25.9. The third-order valence-corrected chi connectivity index (χ3v) is 28.2. The molecule has 12 aromatic carbocycles. The van der Waals surface area contributed by atoms with E-state index in [0.29, 0.717) is 5.89 Å². The number of benzene rings is 12. The molecule has 0 fully saturated rings. The summed E-state index contributed by atoms with van der Waals surface area (Å²) in [6.45, 7) is 48.6.